The van der Waals surface area contributed by atoms with Gasteiger partial charge in [-0.05, 0) is 31.3 Å². The third-order valence-corrected chi connectivity index (χ3v) is 2.31. The maximum absolute atomic E-state index is 12.0. The van der Waals surface area contributed by atoms with Crippen LogP contribution in [0, 0.1) is 0 Å². The second kappa shape index (κ2) is 7.45. The Hall–Kier alpha value is -1.88. The number of para-hydroxylation sites is 1. The molecule has 4 nitrogen and oxygen atoms in total. The van der Waals surface area contributed by atoms with Crippen LogP contribution in [0.15, 0.2) is 36.9 Å². The maximum atomic E-state index is 12.0. The van der Waals surface area contributed by atoms with E-state index < -0.39 is 0 Å². The zero-order valence-electron chi connectivity index (χ0n) is 10.2. The lowest BCUT2D eigenvalue weighted by Gasteiger charge is -2.11. The SMILES string of the molecule is C=CCNC(=S)NC(=O)c1ccccc1OCC. The fourth-order valence-corrected chi connectivity index (χ4v) is 1.49. The lowest BCUT2D eigenvalue weighted by molar-refractivity contribution is 0.0973. The van der Waals surface area contributed by atoms with Crippen molar-refractivity contribution in [2.45, 2.75) is 6.92 Å². The second-order valence-corrected chi connectivity index (χ2v) is 3.79. The van der Waals surface area contributed by atoms with Gasteiger partial charge in [-0.2, -0.15) is 0 Å². The van der Waals surface area contributed by atoms with Gasteiger partial charge in [0.2, 0.25) is 0 Å². The van der Waals surface area contributed by atoms with Crippen LogP contribution in [-0.4, -0.2) is 24.2 Å². The zero-order valence-corrected chi connectivity index (χ0v) is 11.0. The summed E-state index contributed by atoms with van der Waals surface area (Å²) >= 11 is 4.97. The number of amides is 1. The van der Waals surface area contributed by atoms with Crippen LogP contribution >= 0.6 is 12.2 Å². The summed E-state index contributed by atoms with van der Waals surface area (Å²) in [6.07, 6.45) is 1.66. The molecule has 0 saturated heterocycles. The number of carbonyl (C=O) groups is 1. The molecule has 0 heterocycles. The van der Waals surface area contributed by atoms with Gasteiger partial charge in [0.15, 0.2) is 5.11 Å². The van der Waals surface area contributed by atoms with Crippen LogP contribution in [0.4, 0.5) is 0 Å². The Balaban J connectivity index is 2.71. The first-order chi connectivity index (χ1) is 8.69. The highest BCUT2D eigenvalue weighted by Crippen LogP contribution is 2.17. The van der Waals surface area contributed by atoms with E-state index in [4.69, 9.17) is 17.0 Å². The molecule has 0 fully saturated rings. The lowest BCUT2D eigenvalue weighted by atomic mass is 10.2. The van der Waals surface area contributed by atoms with Crippen molar-refractivity contribution in [1.29, 1.82) is 0 Å². The number of hydrogen-bond donors (Lipinski definition) is 2. The van der Waals surface area contributed by atoms with E-state index >= 15 is 0 Å². The quantitative estimate of drug-likeness (QED) is 0.630. The third-order valence-electron chi connectivity index (χ3n) is 2.07. The summed E-state index contributed by atoms with van der Waals surface area (Å²) < 4.78 is 5.38. The summed E-state index contributed by atoms with van der Waals surface area (Å²) in [4.78, 5) is 12.0. The molecule has 5 heteroatoms. The van der Waals surface area contributed by atoms with E-state index in [9.17, 15) is 4.79 Å². The minimum absolute atomic E-state index is 0.270. The Morgan fingerprint density at radius 3 is 2.89 bits per heavy atom. The summed E-state index contributed by atoms with van der Waals surface area (Å²) in [6, 6.07) is 7.03. The molecule has 0 aromatic heterocycles. The Morgan fingerprint density at radius 1 is 1.50 bits per heavy atom. The van der Waals surface area contributed by atoms with Crippen molar-refractivity contribution in [3.63, 3.8) is 0 Å². The number of thiocarbonyl (C=S) groups is 1. The molecular weight excluding hydrogens is 248 g/mol. The van der Waals surface area contributed by atoms with Crippen LogP contribution in [0.1, 0.15) is 17.3 Å². The van der Waals surface area contributed by atoms with Gasteiger partial charge in [-0.3, -0.25) is 10.1 Å². The first-order valence-electron chi connectivity index (χ1n) is 5.61. The van der Waals surface area contributed by atoms with Gasteiger partial charge in [-0.15, -0.1) is 6.58 Å². The highest BCUT2D eigenvalue weighted by Gasteiger charge is 2.12. The monoisotopic (exact) mass is 264 g/mol. The fraction of sp³-hybridized carbons (Fsp3) is 0.231. The topological polar surface area (TPSA) is 50.4 Å². The first-order valence-corrected chi connectivity index (χ1v) is 6.01. The molecule has 0 saturated carbocycles. The van der Waals surface area contributed by atoms with Gasteiger partial charge in [0.25, 0.3) is 5.91 Å². The number of nitrogens with one attached hydrogen (secondary N) is 2. The Bertz CT molecular complexity index is 446. The van der Waals surface area contributed by atoms with Crippen molar-refractivity contribution in [1.82, 2.24) is 10.6 Å². The lowest BCUT2D eigenvalue weighted by Crippen LogP contribution is -2.39. The van der Waals surface area contributed by atoms with Crippen LogP contribution in [0.25, 0.3) is 0 Å². The van der Waals surface area contributed by atoms with E-state index in [0.29, 0.717) is 24.5 Å². The maximum Gasteiger partial charge on any atom is 0.261 e. The molecule has 0 spiro atoms. The van der Waals surface area contributed by atoms with Gasteiger partial charge in [-0.25, -0.2) is 0 Å². The summed E-state index contributed by atoms with van der Waals surface area (Å²) in [5.41, 5.74) is 0.460. The van der Waals surface area contributed by atoms with Crippen LogP contribution in [0.5, 0.6) is 5.75 Å². The second-order valence-electron chi connectivity index (χ2n) is 3.38. The molecule has 0 aliphatic carbocycles. The molecule has 96 valence electrons. The third kappa shape index (κ3) is 4.18. The normalized spacial score (nSPS) is 9.39. The molecule has 0 radical (unpaired) electrons. The summed E-state index contributed by atoms with van der Waals surface area (Å²) in [6.45, 7) is 6.43. The minimum atomic E-state index is -0.291. The van der Waals surface area contributed by atoms with E-state index in [1.54, 1.807) is 24.3 Å². The van der Waals surface area contributed by atoms with Gasteiger partial charge < -0.3 is 10.1 Å². The molecule has 0 unspecified atom stereocenters. The van der Waals surface area contributed by atoms with Crippen molar-refractivity contribution < 1.29 is 9.53 Å². The van der Waals surface area contributed by atoms with Crippen LogP contribution in [-0.2, 0) is 0 Å². The average molecular weight is 264 g/mol. The van der Waals surface area contributed by atoms with Gasteiger partial charge >= 0.3 is 0 Å². The predicted octanol–water partition coefficient (Wildman–Crippen LogP) is 1.88. The fourth-order valence-electron chi connectivity index (χ4n) is 1.32. The molecule has 1 aromatic rings. The molecule has 1 rings (SSSR count). The number of benzene rings is 1. The summed E-state index contributed by atoms with van der Waals surface area (Å²) in [5.74, 6) is 0.254. The van der Waals surface area contributed by atoms with E-state index in [1.807, 2.05) is 13.0 Å². The van der Waals surface area contributed by atoms with E-state index in [-0.39, 0.29) is 11.0 Å². The number of hydrogen-bond acceptors (Lipinski definition) is 3. The standard InChI is InChI=1S/C13H16N2O2S/c1-3-9-14-13(18)15-12(16)10-7-5-6-8-11(10)17-4-2/h3,5-8H,1,4,9H2,2H3,(H2,14,15,16,18). The van der Waals surface area contributed by atoms with Gasteiger partial charge in [-0.1, -0.05) is 18.2 Å². The first kappa shape index (κ1) is 14.2. The van der Waals surface area contributed by atoms with Gasteiger partial charge in [0.05, 0.1) is 12.2 Å². The van der Waals surface area contributed by atoms with Crippen LogP contribution in [0.3, 0.4) is 0 Å². The Morgan fingerprint density at radius 2 is 2.22 bits per heavy atom. The van der Waals surface area contributed by atoms with Crippen LogP contribution in [0.2, 0.25) is 0 Å². The van der Waals surface area contributed by atoms with E-state index in [1.165, 1.54) is 0 Å². The van der Waals surface area contributed by atoms with Crippen molar-refractivity contribution in [2.24, 2.45) is 0 Å². The van der Waals surface area contributed by atoms with Gasteiger partial charge in [0.1, 0.15) is 5.75 Å². The molecular formula is C13H16N2O2S. The van der Waals surface area contributed by atoms with Crippen LogP contribution < -0.4 is 15.4 Å². The Labute approximate surface area is 112 Å². The molecule has 18 heavy (non-hydrogen) atoms. The van der Waals surface area contributed by atoms with Crippen molar-refractivity contribution in [3.05, 3.63) is 42.5 Å². The molecule has 1 aromatic carbocycles. The molecule has 0 aliphatic heterocycles. The number of ether oxygens (including phenoxy) is 1. The van der Waals surface area contributed by atoms with Crippen molar-refractivity contribution in [3.8, 4) is 5.75 Å². The molecule has 0 atom stereocenters. The van der Waals surface area contributed by atoms with Gasteiger partial charge in [0, 0.05) is 6.54 Å². The number of rotatable bonds is 5. The van der Waals surface area contributed by atoms with E-state index in [2.05, 4.69) is 17.2 Å². The summed E-state index contributed by atoms with van der Waals surface area (Å²) in [7, 11) is 0. The largest absolute Gasteiger partial charge is 0.493 e. The molecule has 1 amide bonds. The highest BCUT2D eigenvalue weighted by molar-refractivity contribution is 7.80. The average Bonchev–Trinajstić information content (AvgIpc) is 2.37. The number of carbonyl (C=O) groups excluding carboxylic acids is 1. The predicted molar refractivity (Wildman–Crippen MR) is 75.9 cm³/mol. The molecule has 0 aliphatic rings. The smallest absolute Gasteiger partial charge is 0.261 e. The zero-order chi connectivity index (χ0) is 13.4. The van der Waals surface area contributed by atoms with E-state index in [0.717, 1.165) is 0 Å². The highest BCUT2D eigenvalue weighted by atomic mass is 32.1. The Kier molecular flexibility index (Phi) is 5.87. The van der Waals surface area contributed by atoms with Crippen molar-refractivity contribution in [2.75, 3.05) is 13.2 Å². The molecule has 2 N–H and O–H groups in total. The summed E-state index contributed by atoms with van der Waals surface area (Å²) in [5, 5.41) is 5.68. The molecule has 0 bridgehead atoms. The van der Waals surface area contributed by atoms with Crippen molar-refractivity contribution >= 4 is 23.2 Å². The minimum Gasteiger partial charge on any atom is -0.493 e.